The van der Waals surface area contributed by atoms with Crippen LogP contribution in [-0.2, 0) is 27.4 Å². The first-order chi connectivity index (χ1) is 23.8. The van der Waals surface area contributed by atoms with Gasteiger partial charge in [-0.3, -0.25) is 9.59 Å². The average Bonchev–Trinajstić information content (AvgIpc) is 3.45. The molecule has 0 bridgehead atoms. The summed E-state index contributed by atoms with van der Waals surface area (Å²) >= 11 is 0. The Kier molecular flexibility index (Phi) is 10.4. The van der Waals surface area contributed by atoms with Crippen molar-refractivity contribution in [3.05, 3.63) is 59.5 Å². The fourth-order valence-electron chi connectivity index (χ4n) is 6.55. The zero-order valence-electron chi connectivity index (χ0n) is 27.0. The van der Waals surface area contributed by atoms with E-state index in [1.807, 2.05) is 5.32 Å². The number of aromatic nitrogens is 3. The topological polar surface area (TPSA) is 138 Å². The summed E-state index contributed by atoms with van der Waals surface area (Å²) < 4.78 is 116. The van der Waals surface area contributed by atoms with Crippen LogP contribution in [0.1, 0.15) is 55.1 Å². The Balaban J connectivity index is 1.54. The van der Waals surface area contributed by atoms with E-state index in [1.165, 1.54) is 6.20 Å². The second-order valence-electron chi connectivity index (χ2n) is 13.0. The van der Waals surface area contributed by atoms with Crippen molar-refractivity contribution in [1.82, 2.24) is 25.2 Å². The van der Waals surface area contributed by atoms with Crippen molar-refractivity contribution in [1.29, 1.82) is 0 Å². The first kappa shape index (κ1) is 37.5. The van der Waals surface area contributed by atoms with Crippen molar-refractivity contribution < 1.29 is 59.4 Å². The first-order valence-corrected chi connectivity index (χ1v) is 15.9. The normalized spacial score (nSPS) is 21.9. The van der Waals surface area contributed by atoms with E-state index in [0.717, 1.165) is 17.6 Å². The van der Waals surface area contributed by atoms with E-state index in [-0.39, 0.29) is 36.5 Å². The van der Waals surface area contributed by atoms with Gasteiger partial charge in [-0.2, -0.15) is 31.4 Å². The molecule has 51 heavy (non-hydrogen) atoms. The summed E-state index contributed by atoms with van der Waals surface area (Å²) in [5, 5.41) is 19.0. The van der Waals surface area contributed by atoms with Gasteiger partial charge in [0.2, 0.25) is 11.8 Å². The maximum absolute atomic E-state index is 14.1. The van der Waals surface area contributed by atoms with Crippen LogP contribution in [0.2, 0.25) is 0 Å². The number of nitrogens with zero attached hydrogens (tertiary/aromatic N) is 4. The van der Waals surface area contributed by atoms with Crippen LogP contribution in [0.15, 0.2) is 42.6 Å². The fourth-order valence-corrected chi connectivity index (χ4v) is 6.55. The molecule has 1 aliphatic heterocycles. The molecule has 0 spiro atoms. The van der Waals surface area contributed by atoms with Crippen molar-refractivity contribution in [3.63, 3.8) is 0 Å². The monoisotopic (exact) mass is 734 g/mol. The molecule has 2 amide bonds. The maximum Gasteiger partial charge on any atom is 0.408 e. The number of halogens is 8. The molecule has 11 nitrogen and oxygen atoms in total. The molecule has 1 aromatic carbocycles. The summed E-state index contributed by atoms with van der Waals surface area (Å²) in [6, 6.07) is 8.69. The van der Waals surface area contributed by atoms with E-state index in [4.69, 9.17) is 4.74 Å². The number of rotatable bonds is 10. The Morgan fingerprint density at radius 2 is 1.80 bits per heavy atom. The molecule has 3 heterocycles. The third-order valence-corrected chi connectivity index (χ3v) is 9.27. The molecule has 1 saturated heterocycles. The van der Waals surface area contributed by atoms with Crippen LogP contribution in [0.3, 0.4) is 0 Å². The molecule has 2 aromatic heterocycles. The molecular weight excluding hydrogens is 700 g/mol. The number of alkyl halides is 8. The number of alkyl carbamates (subject to hydrolysis) is 1. The Hall–Kier alpha value is -4.71. The maximum atomic E-state index is 14.1. The number of carboxylic acid groups (broad SMARTS) is 1. The second-order valence-corrected chi connectivity index (χ2v) is 13.0. The van der Waals surface area contributed by atoms with Gasteiger partial charge in [-0.15, -0.1) is 0 Å². The molecule has 0 radical (unpaired) electrons. The molecule has 1 aliphatic carbocycles. The van der Waals surface area contributed by atoms with Gasteiger partial charge in [-0.05, 0) is 30.7 Å². The van der Waals surface area contributed by atoms with Crippen molar-refractivity contribution in [2.24, 2.45) is 17.3 Å². The van der Waals surface area contributed by atoms with Crippen molar-refractivity contribution >= 4 is 29.3 Å². The zero-order valence-corrected chi connectivity index (χ0v) is 27.0. The molecule has 3 N–H and O–H groups in total. The number of hydrogen-bond donors (Lipinski definition) is 3. The van der Waals surface area contributed by atoms with E-state index < -0.39 is 104 Å². The van der Waals surface area contributed by atoms with Gasteiger partial charge >= 0.3 is 24.4 Å². The predicted molar refractivity (Wildman–Crippen MR) is 163 cm³/mol. The first-order valence-electron chi connectivity index (χ1n) is 15.9. The number of nitrogens with one attached hydrogen (secondary N) is 2. The number of carboxylic acids is 1. The van der Waals surface area contributed by atoms with E-state index in [2.05, 4.69) is 15.4 Å². The highest BCUT2D eigenvalue weighted by Crippen LogP contribution is 2.44. The highest BCUT2D eigenvalue weighted by molar-refractivity contribution is 6.03. The summed E-state index contributed by atoms with van der Waals surface area (Å²) in [5.74, 6) is -8.98. The van der Waals surface area contributed by atoms with Crippen molar-refractivity contribution in [3.8, 4) is 0 Å². The van der Waals surface area contributed by atoms with Gasteiger partial charge in [0.25, 0.3) is 0 Å². The number of ether oxygens (including phenoxy) is 1. The molecule has 278 valence electrons. The van der Waals surface area contributed by atoms with Gasteiger partial charge < -0.3 is 25.4 Å². The van der Waals surface area contributed by atoms with E-state index >= 15 is 0 Å². The van der Waals surface area contributed by atoms with Crippen LogP contribution in [-0.4, -0.2) is 76.1 Å². The van der Waals surface area contributed by atoms with Crippen LogP contribution in [0.4, 0.5) is 45.6 Å². The third kappa shape index (κ3) is 8.79. The molecule has 5 rings (SSSR count). The molecule has 2 fully saturated rings. The number of anilines is 1. The molecule has 19 heteroatoms. The summed E-state index contributed by atoms with van der Waals surface area (Å²) in [6.45, 7) is -2.59. The third-order valence-electron chi connectivity index (χ3n) is 9.27. The number of benzene rings is 1. The second kappa shape index (κ2) is 14.1. The zero-order chi connectivity index (χ0) is 37.4. The molecule has 3 aromatic rings. The summed E-state index contributed by atoms with van der Waals surface area (Å²) in [6.07, 6.45) is -12.6. The SMILES string of the molecule is CN(CC(F)(F)F)c1cc2nc([C@@H](NC(=O)OCc3ccccc3)C3CCC(F)(F)CC3)cn2nc1CC1(C(=O)O)C[C@@H](C(F)(F)F)CNC1=O. The van der Waals surface area contributed by atoms with Crippen LogP contribution in [0.5, 0.6) is 0 Å². The van der Waals surface area contributed by atoms with Crippen LogP contribution in [0, 0.1) is 17.3 Å². The fraction of sp³-hybridized carbons (Fsp3) is 0.531. The van der Waals surface area contributed by atoms with Gasteiger partial charge in [0.05, 0.1) is 35.2 Å². The Labute approximate surface area is 285 Å². The van der Waals surface area contributed by atoms with Crippen molar-refractivity contribution in [2.75, 3.05) is 25.0 Å². The average molecular weight is 735 g/mol. The van der Waals surface area contributed by atoms with Gasteiger partial charge in [0.1, 0.15) is 13.2 Å². The van der Waals surface area contributed by atoms with Crippen molar-refractivity contribution in [2.45, 2.75) is 69.4 Å². The minimum atomic E-state index is -4.89. The van der Waals surface area contributed by atoms with Gasteiger partial charge in [0, 0.05) is 38.9 Å². The van der Waals surface area contributed by atoms with Crippen LogP contribution in [0.25, 0.3) is 5.65 Å². The molecule has 2 aliphatic rings. The van der Waals surface area contributed by atoms with Gasteiger partial charge in [-0.25, -0.2) is 23.1 Å². The smallest absolute Gasteiger partial charge is 0.408 e. The number of hydrogen-bond acceptors (Lipinski definition) is 7. The lowest BCUT2D eigenvalue weighted by Gasteiger charge is -2.37. The Bertz CT molecular complexity index is 1740. The molecule has 3 atom stereocenters. The minimum absolute atomic E-state index is 0.0423. The van der Waals surface area contributed by atoms with E-state index in [9.17, 15) is 54.6 Å². The van der Waals surface area contributed by atoms with Gasteiger partial charge in [0.15, 0.2) is 11.1 Å². The van der Waals surface area contributed by atoms with E-state index in [1.54, 1.807) is 30.3 Å². The standard InChI is InChI=1S/C32H34F8N6O5/c1-45(17-31(35,36)37)23-11-24-42-22(15-46(24)44-21(23)13-29(27(48)49)12-20(32(38,39)40)14-41-26(29)47)25(19-7-9-30(33,34)10-8-19)43-28(50)51-16-18-5-3-2-4-6-18/h2-6,11,15,19-20,25H,7-10,12-14,16-17H2,1H3,(H,41,47)(H,43,50)(H,48,49)/t20-,25+,29?/m1/s1. The molecular formula is C32H34F8N6O5. The highest BCUT2D eigenvalue weighted by Gasteiger charge is 2.57. The largest absolute Gasteiger partial charge is 0.480 e. The lowest BCUT2D eigenvalue weighted by Crippen LogP contribution is -2.57. The number of carbonyl (C=O) groups is 3. The predicted octanol–water partition coefficient (Wildman–Crippen LogP) is 5.83. The van der Waals surface area contributed by atoms with Crippen LogP contribution < -0.4 is 15.5 Å². The molecule has 1 saturated carbocycles. The number of fused-ring (bicyclic) bond motifs is 1. The minimum Gasteiger partial charge on any atom is -0.480 e. The Morgan fingerprint density at radius 1 is 1.14 bits per heavy atom. The number of amides is 2. The number of imidazole rings is 1. The van der Waals surface area contributed by atoms with Crippen LogP contribution >= 0.6 is 0 Å². The number of piperidine rings is 1. The Morgan fingerprint density at radius 3 is 2.41 bits per heavy atom. The highest BCUT2D eigenvalue weighted by atomic mass is 19.4. The summed E-state index contributed by atoms with van der Waals surface area (Å²) in [4.78, 5) is 43.5. The lowest BCUT2D eigenvalue weighted by atomic mass is 9.72. The quantitative estimate of drug-likeness (QED) is 0.175. The number of aliphatic carboxylic acids is 1. The molecule has 1 unspecified atom stereocenters. The van der Waals surface area contributed by atoms with E-state index in [0.29, 0.717) is 10.5 Å². The lowest BCUT2D eigenvalue weighted by molar-refractivity contribution is -0.194. The number of carbonyl (C=O) groups excluding carboxylic acids is 2. The van der Waals surface area contributed by atoms with Gasteiger partial charge in [-0.1, -0.05) is 30.3 Å². The summed E-state index contributed by atoms with van der Waals surface area (Å²) in [7, 11) is 0.997. The summed E-state index contributed by atoms with van der Waals surface area (Å²) in [5.41, 5.74) is -2.98.